The predicted octanol–water partition coefficient (Wildman–Crippen LogP) is 5.27. The molecular formula is C24H20N2O4S. The molecule has 0 amide bonds. The van der Waals surface area contributed by atoms with Gasteiger partial charge in [-0.1, -0.05) is 24.3 Å². The Morgan fingerprint density at radius 2 is 0.871 bits per heavy atom. The average Bonchev–Trinajstić information content (AvgIpc) is 2.77. The van der Waals surface area contributed by atoms with Crippen LogP contribution in [0.4, 0.5) is 11.4 Å². The maximum absolute atomic E-state index is 13.6. The molecular weight excluding hydrogens is 412 g/mol. The molecule has 156 valence electrons. The van der Waals surface area contributed by atoms with Crippen LogP contribution in [0.1, 0.15) is 0 Å². The summed E-state index contributed by atoms with van der Waals surface area (Å²) in [6, 6.07) is 26.4. The van der Waals surface area contributed by atoms with E-state index in [1.165, 1.54) is 12.1 Å². The summed E-state index contributed by atoms with van der Waals surface area (Å²) in [6.45, 7) is 0. The summed E-state index contributed by atoms with van der Waals surface area (Å²) in [4.78, 5) is 0.0559. The largest absolute Gasteiger partial charge is 0.456 e. The Hall–Kier alpha value is -3.97. The fraction of sp³-hybridized carbons (Fsp3) is 0. The molecule has 0 spiro atoms. The number of para-hydroxylation sites is 2. The Morgan fingerprint density at radius 1 is 0.516 bits per heavy atom. The molecule has 0 saturated heterocycles. The first kappa shape index (κ1) is 20.3. The lowest BCUT2D eigenvalue weighted by molar-refractivity contribution is 0.462. The van der Waals surface area contributed by atoms with E-state index in [1.54, 1.807) is 84.9 Å². The maximum Gasteiger partial charge on any atom is 0.213 e. The number of anilines is 2. The molecule has 0 radical (unpaired) electrons. The van der Waals surface area contributed by atoms with E-state index in [-0.39, 0.29) is 21.3 Å². The Kier molecular flexibility index (Phi) is 5.51. The first-order valence-corrected chi connectivity index (χ1v) is 10.9. The zero-order chi connectivity index (χ0) is 21.8. The van der Waals surface area contributed by atoms with E-state index in [0.717, 1.165) is 0 Å². The number of sulfone groups is 1. The van der Waals surface area contributed by atoms with Crippen molar-refractivity contribution >= 4 is 21.2 Å². The second-order valence-corrected chi connectivity index (χ2v) is 8.63. The van der Waals surface area contributed by atoms with E-state index >= 15 is 0 Å². The molecule has 0 unspecified atom stereocenters. The van der Waals surface area contributed by atoms with Gasteiger partial charge in [0, 0.05) is 11.4 Å². The molecule has 4 N–H and O–H groups in total. The third-order valence-corrected chi connectivity index (χ3v) is 6.33. The SMILES string of the molecule is Nc1ccc(Oc2ccccc2S(=O)(=O)c2ccccc2Oc2ccc(N)cc2)cc1. The van der Waals surface area contributed by atoms with E-state index < -0.39 is 9.84 Å². The lowest BCUT2D eigenvalue weighted by Crippen LogP contribution is -2.06. The van der Waals surface area contributed by atoms with Gasteiger partial charge in [-0.05, 0) is 72.8 Å². The van der Waals surface area contributed by atoms with Gasteiger partial charge in [0.05, 0.1) is 0 Å². The van der Waals surface area contributed by atoms with Gasteiger partial charge in [-0.25, -0.2) is 8.42 Å². The molecule has 0 bridgehead atoms. The second-order valence-electron chi connectivity index (χ2n) is 6.74. The molecule has 0 fully saturated rings. The second kappa shape index (κ2) is 8.41. The molecule has 4 aromatic rings. The van der Waals surface area contributed by atoms with Crippen LogP contribution >= 0.6 is 0 Å². The Bertz CT molecular complexity index is 1210. The molecule has 0 aromatic heterocycles. The highest BCUT2D eigenvalue weighted by Gasteiger charge is 2.26. The van der Waals surface area contributed by atoms with Gasteiger partial charge in [0.2, 0.25) is 9.84 Å². The quantitative estimate of drug-likeness (QED) is 0.402. The van der Waals surface area contributed by atoms with Crippen LogP contribution in [-0.2, 0) is 9.84 Å². The molecule has 7 heteroatoms. The van der Waals surface area contributed by atoms with Gasteiger partial charge in [-0.3, -0.25) is 0 Å². The normalized spacial score (nSPS) is 11.1. The molecule has 31 heavy (non-hydrogen) atoms. The van der Waals surface area contributed by atoms with E-state index in [4.69, 9.17) is 20.9 Å². The molecule has 0 aliphatic carbocycles. The van der Waals surface area contributed by atoms with Crippen LogP contribution in [0.5, 0.6) is 23.0 Å². The number of benzene rings is 4. The molecule has 0 aliphatic heterocycles. The molecule has 0 atom stereocenters. The minimum Gasteiger partial charge on any atom is -0.456 e. The van der Waals surface area contributed by atoms with Crippen molar-refractivity contribution in [3.05, 3.63) is 97.1 Å². The standard InChI is InChI=1S/C24H20N2O4S/c25-17-9-13-19(14-10-17)29-21-5-1-3-7-23(21)31(27,28)24-8-4-2-6-22(24)30-20-15-11-18(26)12-16-20/h1-16H,25-26H2. The summed E-state index contributed by atoms with van der Waals surface area (Å²) < 4.78 is 38.8. The number of nitrogens with two attached hydrogens (primary N) is 2. The highest BCUT2D eigenvalue weighted by Crippen LogP contribution is 2.37. The van der Waals surface area contributed by atoms with E-state index in [0.29, 0.717) is 22.9 Å². The number of rotatable bonds is 6. The van der Waals surface area contributed by atoms with Gasteiger partial charge in [0.15, 0.2) is 0 Å². The lowest BCUT2D eigenvalue weighted by atomic mass is 10.3. The predicted molar refractivity (Wildman–Crippen MR) is 120 cm³/mol. The number of nitrogen functional groups attached to an aromatic ring is 2. The minimum atomic E-state index is -3.96. The Labute approximate surface area is 180 Å². The smallest absolute Gasteiger partial charge is 0.213 e. The molecule has 0 heterocycles. The van der Waals surface area contributed by atoms with Crippen molar-refractivity contribution in [3.8, 4) is 23.0 Å². The fourth-order valence-electron chi connectivity index (χ4n) is 2.96. The molecule has 6 nitrogen and oxygen atoms in total. The van der Waals surface area contributed by atoms with Gasteiger partial charge in [0.25, 0.3) is 0 Å². The van der Waals surface area contributed by atoms with Gasteiger partial charge >= 0.3 is 0 Å². The zero-order valence-corrected chi connectivity index (χ0v) is 17.3. The average molecular weight is 433 g/mol. The van der Waals surface area contributed by atoms with Crippen LogP contribution in [0.15, 0.2) is 107 Å². The summed E-state index contributed by atoms with van der Waals surface area (Å²) in [5.74, 6) is 1.36. The summed E-state index contributed by atoms with van der Waals surface area (Å²) in [5, 5.41) is 0. The van der Waals surface area contributed by atoms with Gasteiger partial charge in [-0.2, -0.15) is 0 Å². The van der Waals surface area contributed by atoms with Crippen LogP contribution in [-0.4, -0.2) is 8.42 Å². The third kappa shape index (κ3) is 4.46. The van der Waals surface area contributed by atoms with Crippen molar-refractivity contribution in [2.75, 3.05) is 11.5 Å². The summed E-state index contributed by atoms with van der Waals surface area (Å²) in [6.07, 6.45) is 0. The highest BCUT2D eigenvalue weighted by atomic mass is 32.2. The van der Waals surface area contributed by atoms with Gasteiger partial charge < -0.3 is 20.9 Å². The number of hydrogen-bond acceptors (Lipinski definition) is 6. The van der Waals surface area contributed by atoms with Gasteiger partial charge in [0.1, 0.15) is 32.8 Å². The first-order chi connectivity index (χ1) is 14.9. The highest BCUT2D eigenvalue weighted by molar-refractivity contribution is 7.91. The number of ether oxygens (including phenoxy) is 2. The minimum absolute atomic E-state index is 0.0279. The van der Waals surface area contributed by atoms with Crippen LogP contribution < -0.4 is 20.9 Å². The van der Waals surface area contributed by atoms with Crippen molar-refractivity contribution in [3.63, 3.8) is 0 Å². The number of hydrogen-bond donors (Lipinski definition) is 2. The summed E-state index contributed by atoms with van der Waals surface area (Å²) >= 11 is 0. The summed E-state index contributed by atoms with van der Waals surface area (Å²) in [7, 11) is -3.96. The van der Waals surface area contributed by atoms with Crippen LogP contribution in [0.3, 0.4) is 0 Å². The van der Waals surface area contributed by atoms with E-state index in [1.807, 2.05) is 0 Å². The molecule has 4 aromatic carbocycles. The Balaban J connectivity index is 1.73. The molecule has 0 aliphatic rings. The molecule has 0 saturated carbocycles. The Morgan fingerprint density at radius 3 is 1.26 bits per heavy atom. The monoisotopic (exact) mass is 432 g/mol. The van der Waals surface area contributed by atoms with Crippen molar-refractivity contribution in [2.24, 2.45) is 0 Å². The lowest BCUT2D eigenvalue weighted by Gasteiger charge is -2.15. The van der Waals surface area contributed by atoms with Crippen molar-refractivity contribution < 1.29 is 17.9 Å². The van der Waals surface area contributed by atoms with Gasteiger partial charge in [-0.15, -0.1) is 0 Å². The molecule has 4 rings (SSSR count). The maximum atomic E-state index is 13.6. The van der Waals surface area contributed by atoms with Crippen LogP contribution in [0.2, 0.25) is 0 Å². The van der Waals surface area contributed by atoms with Crippen molar-refractivity contribution in [1.82, 2.24) is 0 Å². The third-order valence-electron chi connectivity index (χ3n) is 4.49. The van der Waals surface area contributed by atoms with E-state index in [2.05, 4.69) is 0 Å². The first-order valence-electron chi connectivity index (χ1n) is 9.43. The van der Waals surface area contributed by atoms with Crippen molar-refractivity contribution in [2.45, 2.75) is 9.79 Å². The van der Waals surface area contributed by atoms with Crippen molar-refractivity contribution in [1.29, 1.82) is 0 Å². The van der Waals surface area contributed by atoms with E-state index in [9.17, 15) is 8.42 Å². The summed E-state index contributed by atoms with van der Waals surface area (Å²) in [5.41, 5.74) is 12.6. The topological polar surface area (TPSA) is 105 Å². The fourth-order valence-corrected chi connectivity index (χ4v) is 4.46. The zero-order valence-electron chi connectivity index (χ0n) is 16.4. The van der Waals surface area contributed by atoms with Crippen LogP contribution in [0, 0.1) is 0 Å². The van der Waals surface area contributed by atoms with Crippen LogP contribution in [0.25, 0.3) is 0 Å².